The third kappa shape index (κ3) is 4.10. The fraction of sp³-hybridized carbons (Fsp3) is 0.0833. The van der Waals surface area contributed by atoms with Crippen LogP contribution in [-0.2, 0) is 0 Å². The molecule has 3 aromatic carbocycles. The van der Waals surface area contributed by atoms with Crippen LogP contribution in [-0.4, -0.2) is 16.7 Å². The minimum Gasteiger partial charge on any atom is -0.497 e. The zero-order valence-electron chi connectivity index (χ0n) is 16.1. The van der Waals surface area contributed by atoms with Crippen molar-refractivity contribution >= 4 is 45.6 Å². The van der Waals surface area contributed by atoms with E-state index < -0.39 is 0 Å². The molecule has 0 aliphatic heterocycles. The van der Waals surface area contributed by atoms with Crippen molar-refractivity contribution in [2.45, 2.75) is 6.92 Å². The standard InChI is InChI=1S/C24H19IN2O2/c1-16-5-3-6-17(13-16)9-12-23-26-22-11-10-18(25)14-21(22)24(28)27(23)19-7-4-8-20(15-19)29-2/h3-15H,1-2H3/b12-9+. The van der Waals surface area contributed by atoms with E-state index in [-0.39, 0.29) is 5.56 Å². The Morgan fingerprint density at radius 2 is 1.83 bits per heavy atom. The zero-order valence-corrected chi connectivity index (χ0v) is 18.3. The first-order valence-corrected chi connectivity index (χ1v) is 10.2. The van der Waals surface area contributed by atoms with Gasteiger partial charge in [-0.1, -0.05) is 42.0 Å². The largest absolute Gasteiger partial charge is 0.497 e. The SMILES string of the molecule is COc1cccc(-n2c(/C=C/c3cccc(C)c3)nc3ccc(I)cc3c2=O)c1. The highest BCUT2D eigenvalue weighted by Gasteiger charge is 2.12. The number of fused-ring (bicyclic) bond motifs is 1. The molecule has 0 N–H and O–H groups in total. The van der Waals surface area contributed by atoms with E-state index in [9.17, 15) is 4.79 Å². The van der Waals surface area contributed by atoms with Gasteiger partial charge in [0.15, 0.2) is 0 Å². The fourth-order valence-corrected chi connectivity index (χ4v) is 3.72. The first-order valence-electron chi connectivity index (χ1n) is 9.16. The Morgan fingerprint density at radius 3 is 2.62 bits per heavy atom. The second kappa shape index (κ2) is 8.21. The molecule has 4 aromatic rings. The number of ether oxygens (including phenoxy) is 1. The number of aryl methyl sites for hydroxylation is 1. The number of aromatic nitrogens is 2. The van der Waals surface area contributed by atoms with Crippen LogP contribution in [0.4, 0.5) is 0 Å². The highest BCUT2D eigenvalue weighted by molar-refractivity contribution is 14.1. The van der Waals surface area contributed by atoms with Gasteiger partial charge in [0.25, 0.3) is 5.56 Å². The smallest absolute Gasteiger partial charge is 0.266 e. The van der Waals surface area contributed by atoms with E-state index in [1.54, 1.807) is 11.7 Å². The molecule has 144 valence electrons. The van der Waals surface area contributed by atoms with Crippen molar-refractivity contribution in [2.75, 3.05) is 7.11 Å². The van der Waals surface area contributed by atoms with Crippen LogP contribution in [0.2, 0.25) is 0 Å². The van der Waals surface area contributed by atoms with Gasteiger partial charge in [0, 0.05) is 9.64 Å². The summed E-state index contributed by atoms with van der Waals surface area (Å²) in [5, 5.41) is 0.590. The lowest BCUT2D eigenvalue weighted by Crippen LogP contribution is -2.22. The number of methoxy groups -OCH3 is 1. The Labute approximate surface area is 182 Å². The molecule has 0 bridgehead atoms. The van der Waals surface area contributed by atoms with Crippen molar-refractivity contribution < 1.29 is 4.74 Å². The topological polar surface area (TPSA) is 44.1 Å². The number of benzene rings is 3. The maximum absolute atomic E-state index is 13.4. The summed E-state index contributed by atoms with van der Waals surface area (Å²) >= 11 is 2.21. The van der Waals surface area contributed by atoms with Crippen molar-refractivity contribution in [3.05, 3.63) is 97.6 Å². The van der Waals surface area contributed by atoms with Crippen LogP contribution in [0.25, 0.3) is 28.7 Å². The molecule has 5 heteroatoms. The second-order valence-electron chi connectivity index (χ2n) is 6.72. The Hall–Kier alpha value is -2.93. The van der Waals surface area contributed by atoms with Gasteiger partial charge in [-0.25, -0.2) is 4.98 Å². The quantitative estimate of drug-likeness (QED) is 0.353. The molecule has 0 saturated carbocycles. The van der Waals surface area contributed by atoms with Crippen LogP contribution in [0, 0.1) is 10.5 Å². The summed E-state index contributed by atoms with van der Waals surface area (Å²) in [6.45, 7) is 2.05. The van der Waals surface area contributed by atoms with Crippen LogP contribution < -0.4 is 10.3 Å². The average Bonchev–Trinajstić information content (AvgIpc) is 2.73. The molecule has 0 aliphatic rings. The molecule has 0 saturated heterocycles. The summed E-state index contributed by atoms with van der Waals surface area (Å²) in [7, 11) is 1.61. The Balaban J connectivity index is 1.96. The van der Waals surface area contributed by atoms with Gasteiger partial charge in [-0.3, -0.25) is 9.36 Å². The summed E-state index contributed by atoms with van der Waals surface area (Å²) in [6.07, 6.45) is 3.86. The number of rotatable bonds is 4. The lowest BCUT2D eigenvalue weighted by Gasteiger charge is -2.12. The van der Waals surface area contributed by atoms with Crippen molar-refractivity contribution in [1.29, 1.82) is 0 Å². The van der Waals surface area contributed by atoms with E-state index in [1.165, 1.54) is 5.56 Å². The summed E-state index contributed by atoms with van der Waals surface area (Å²) in [5.41, 5.74) is 3.52. The maximum Gasteiger partial charge on any atom is 0.266 e. The Kier molecular flexibility index (Phi) is 5.49. The third-order valence-electron chi connectivity index (χ3n) is 4.63. The van der Waals surface area contributed by atoms with Crippen molar-refractivity contribution in [2.24, 2.45) is 0 Å². The van der Waals surface area contributed by atoms with Gasteiger partial charge in [-0.15, -0.1) is 0 Å². The molecule has 4 nitrogen and oxygen atoms in total. The monoisotopic (exact) mass is 494 g/mol. The molecule has 4 rings (SSSR count). The molecule has 0 atom stereocenters. The molecule has 1 aromatic heterocycles. The number of hydrogen-bond acceptors (Lipinski definition) is 3. The van der Waals surface area contributed by atoms with Crippen LogP contribution >= 0.6 is 22.6 Å². The highest BCUT2D eigenvalue weighted by atomic mass is 127. The highest BCUT2D eigenvalue weighted by Crippen LogP contribution is 2.20. The summed E-state index contributed by atoms with van der Waals surface area (Å²) in [5.74, 6) is 1.25. The first-order chi connectivity index (χ1) is 14.0. The lowest BCUT2D eigenvalue weighted by atomic mass is 10.1. The first kappa shape index (κ1) is 19.4. The van der Waals surface area contributed by atoms with Gasteiger partial charge in [0.1, 0.15) is 11.6 Å². The molecule has 1 heterocycles. The van der Waals surface area contributed by atoms with Crippen LogP contribution in [0.5, 0.6) is 5.75 Å². The molecule has 0 unspecified atom stereocenters. The molecule has 0 fully saturated rings. The van der Waals surface area contributed by atoms with Crippen LogP contribution in [0.3, 0.4) is 0 Å². The van der Waals surface area contributed by atoms with Crippen molar-refractivity contribution in [3.63, 3.8) is 0 Å². The third-order valence-corrected chi connectivity index (χ3v) is 5.31. The minimum absolute atomic E-state index is 0.106. The van der Waals surface area contributed by atoms with Gasteiger partial charge < -0.3 is 4.74 Å². The van der Waals surface area contributed by atoms with Crippen molar-refractivity contribution in [1.82, 2.24) is 9.55 Å². The van der Waals surface area contributed by atoms with Crippen LogP contribution in [0.1, 0.15) is 17.0 Å². The van der Waals surface area contributed by atoms with Gasteiger partial charge in [-0.05, 0) is 71.5 Å². The Morgan fingerprint density at radius 1 is 1.00 bits per heavy atom. The minimum atomic E-state index is -0.106. The molecule has 0 radical (unpaired) electrons. The molecule has 0 spiro atoms. The number of halogens is 1. The second-order valence-corrected chi connectivity index (χ2v) is 7.97. The van der Waals surface area contributed by atoms with E-state index >= 15 is 0 Å². The van der Waals surface area contributed by atoms with Gasteiger partial charge in [-0.2, -0.15) is 0 Å². The molecule has 29 heavy (non-hydrogen) atoms. The van der Waals surface area contributed by atoms with Gasteiger partial charge in [0.2, 0.25) is 0 Å². The lowest BCUT2D eigenvalue weighted by molar-refractivity contribution is 0.414. The van der Waals surface area contributed by atoms with Crippen LogP contribution in [0.15, 0.2) is 71.5 Å². The zero-order chi connectivity index (χ0) is 20.4. The number of hydrogen-bond donors (Lipinski definition) is 0. The van der Waals surface area contributed by atoms with Crippen molar-refractivity contribution in [3.8, 4) is 11.4 Å². The molecule has 0 aliphatic carbocycles. The predicted molar refractivity (Wildman–Crippen MR) is 127 cm³/mol. The summed E-state index contributed by atoms with van der Waals surface area (Å²) in [6, 6.07) is 21.4. The maximum atomic E-state index is 13.4. The molecular weight excluding hydrogens is 475 g/mol. The number of nitrogens with zero attached hydrogens (tertiary/aromatic N) is 2. The van der Waals surface area contributed by atoms with Gasteiger partial charge >= 0.3 is 0 Å². The molecular formula is C24H19IN2O2. The average molecular weight is 494 g/mol. The summed E-state index contributed by atoms with van der Waals surface area (Å²) in [4.78, 5) is 18.2. The normalized spacial score (nSPS) is 11.3. The summed E-state index contributed by atoms with van der Waals surface area (Å²) < 4.78 is 7.98. The van der Waals surface area contributed by atoms with Gasteiger partial charge in [0.05, 0.1) is 23.7 Å². The predicted octanol–water partition coefficient (Wildman–Crippen LogP) is 5.48. The van der Waals surface area contributed by atoms with E-state index in [1.807, 2.05) is 66.7 Å². The Bertz CT molecular complexity index is 1290. The fourth-order valence-electron chi connectivity index (χ4n) is 3.23. The van der Waals surface area contributed by atoms with E-state index in [2.05, 4.69) is 41.6 Å². The van der Waals surface area contributed by atoms with E-state index in [0.29, 0.717) is 28.2 Å². The van der Waals surface area contributed by atoms with E-state index in [0.717, 1.165) is 9.13 Å². The molecule has 0 amide bonds. The van der Waals surface area contributed by atoms with E-state index in [4.69, 9.17) is 9.72 Å².